The Morgan fingerprint density at radius 2 is 2.00 bits per heavy atom. The quantitative estimate of drug-likeness (QED) is 0.388. The second-order valence-electron chi connectivity index (χ2n) is 2.49. The van der Waals surface area contributed by atoms with Crippen LogP contribution in [0.15, 0.2) is 29.2 Å². The summed E-state index contributed by atoms with van der Waals surface area (Å²) >= 11 is 1.79. The fraction of sp³-hybridized carbons (Fsp3) is 0.222. The van der Waals surface area contributed by atoms with E-state index in [0.717, 1.165) is 16.2 Å². The summed E-state index contributed by atoms with van der Waals surface area (Å²) in [5, 5.41) is 0. The number of carbonyl (C=O) groups excluding carboxylic acids is 1. The Kier molecular flexibility index (Phi) is 5.92. The third kappa shape index (κ3) is 4.20. The standard InChI is InChI=1S/C9H10INOS2/c10-9(12)7-1-3-8(4-2-7)14-13-6-5-11/h1-4H,5-6,11H2. The van der Waals surface area contributed by atoms with Gasteiger partial charge in [-0.15, -0.1) is 0 Å². The van der Waals surface area contributed by atoms with E-state index >= 15 is 0 Å². The molecule has 1 rings (SSSR count). The van der Waals surface area contributed by atoms with Gasteiger partial charge in [-0.2, -0.15) is 0 Å². The van der Waals surface area contributed by atoms with Crippen LogP contribution in [0.25, 0.3) is 0 Å². The molecule has 0 aliphatic carbocycles. The molecule has 1 aromatic carbocycles. The molecule has 0 aliphatic rings. The average molecular weight is 339 g/mol. The van der Waals surface area contributed by atoms with Crippen LogP contribution in [-0.4, -0.2) is 16.1 Å². The molecule has 0 fully saturated rings. The molecule has 0 bridgehead atoms. The second-order valence-corrected chi connectivity index (χ2v) is 5.96. The Bertz CT molecular complexity index is 302. The zero-order valence-electron chi connectivity index (χ0n) is 7.40. The minimum Gasteiger partial charge on any atom is -0.330 e. The summed E-state index contributed by atoms with van der Waals surface area (Å²) in [5.41, 5.74) is 6.13. The molecule has 0 unspecified atom stereocenters. The van der Waals surface area contributed by atoms with Crippen LogP contribution in [0.1, 0.15) is 10.4 Å². The van der Waals surface area contributed by atoms with Gasteiger partial charge in [0.05, 0.1) is 0 Å². The lowest BCUT2D eigenvalue weighted by Gasteiger charge is -2.00. The van der Waals surface area contributed by atoms with Gasteiger partial charge in [0, 0.05) is 45.3 Å². The van der Waals surface area contributed by atoms with Gasteiger partial charge < -0.3 is 5.73 Å². The van der Waals surface area contributed by atoms with Crippen molar-refractivity contribution in [3.63, 3.8) is 0 Å². The van der Waals surface area contributed by atoms with Gasteiger partial charge in [0.15, 0.2) is 0 Å². The smallest absolute Gasteiger partial charge is 0.222 e. The van der Waals surface area contributed by atoms with Crippen molar-refractivity contribution in [1.82, 2.24) is 0 Å². The number of rotatable bonds is 5. The van der Waals surface area contributed by atoms with Crippen molar-refractivity contribution in [3.8, 4) is 0 Å². The molecule has 0 amide bonds. The maximum absolute atomic E-state index is 11.0. The number of halogens is 1. The van der Waals surface area contributed by atoms with Crippen LogP contribution in [0.5, 0.6) is 0 Å². The van der Waals surface area contributed by atoms with Gasteiger partial charge in [0.2, 0.25) is 3.79 Å². The molecule has 0 aliphatic heterocycles. The van der Waals surface area contributed by atoms with Crippen molar-refractivity contribution in [2.45, 2.75) is 4.90 Å². The summed E-state index contributed by atoms with van der Waals surface area (Å²) < 4.78 is 0.0776. The van der Waals surface area contributed by atoms with Crippen LogP contribution in [0.4, 0.5) is 0 Å². The highest BCUT2D eigenvalue weighted by molar-refractivity contribution is 14.1. The zero-order valence-corrected chi connectivity index (χ0v) is 11.2. The van der Waals surface area contributed by atoms with Crippen molar-refractivity contribution in [2.24, 2.45) is 5.73 Å². The van der Waals surface area contributed by atoms with Gasteiger partial charge >= 0.3 is 0 Å². The minimum absolute atomic E-state index is 0.0776. The molecule has 0 spiro atoms. The summed E-state index contributed by atoms with van der Waals surface area (Å²) in [7, 11) is 3.41. The molecule has 0 radical (unpaired) electrons. The fourth-order valence-corrected chi connectivity index (χ4v) is 3.00. The van der Waals surface area contributed by atoms with E-state index in [1.807, 2.05) is 24.3 Å². The van der Waals surface area contributed by atoms with Crippen molar-refractivity contribution >= 4 is 48.0 Å². The summed E-state index contributed by atoms with van der Waals surface area (Å²) in [6.45, 7) is 0.696. The molecule has 0 aromatic heterocycles. The van der Waals surface area contributed by atoms with Crippen LogP contribution >= 0.6 is 44.2 Å². The number of nitrogens with two attached hydrogens (primary N) is 1. The van der Waals surface area contributed by atoms with Crippen LogP contribution in [0.3, 0.4) is 0 Å². The molecule has 0 saturated heterocycles. The molecular weight excluding hydrogens is 329 g/mol. The lowest BCUT2D eigenvalue weighted by molar-refractivity contribution is 0.110. The highest BCUT2D eigenvalue weighted by Crippen LogP contribution is 2.30. The number of benzene rings is 1. The van der Waals surface area contributed by atoms with Gasteiger partial charge in [0.1, 0.15) is 0 Å². The summed E-state index contributed by atoms with van der Waals surface area (Å²) in [4.78, 5) is 12.1. The van der Waals surface area contributed by atoms with E-state index in [1.165, 1.54) is 0 Å². The highest BCUT2D eigenvalue weighted by Gasteiger charge is 2.00. The highest BCUT2D eigenvalue weighted by atomic mass is 127. The Morgan fingerprint density at radius 3 is 2.50 bits per heavy atom. The van der Waals surface area contributed by atoms with Crippen molar-refractivity contribution in [3.05, 3.63) is 29.8 Å². The van der Waals surface area contributed by atoms with Crippen LogP contribution < -0.4 is 5.73 Å². The molecule has 0 saturated carbocycles. The van der Waals surface area contributed by atoms with Gasteiger partial charge in [0.25, 0.3) is 0 Å². The van der Waals surface area contributed by atoms with Crippen LogP contribution in [0.2, 0.25) is 0 Å². The molecule has 14 heavy (non-hydrogen) atoms. The Morgan fingerprint density at radius 1 is 1.36 bits per heavy atom. The predicted octanol–water partition coefficient (Wildman–Crippen LogP) is 2.96. The number of hydrogen-bond acceptors (Lipinski definition) is 4. The van der Waals surface area contributed by atoms with E-state index in [0.29, 0.717) is 6.54 Å². The Labute approximate surface area is 105 Å². The Hall–Kier alpha value is 0.280. The van der Waals surface area contributed by atoms with Gasteiger partial charge in [-0.3, -0.25) is 4.79 Å². The summed E-state index contributed by atoms with van der Waals surface area (Å²) in [5.74, 6) is 0.942. The van der Waals surface area contributed by atoms with Crippen molar-refractivity contribution in [2.75, 3.05) is 12.3 Å². The normalized spacial score (nSPS) is 10.1. The molecule has 2 nitrogen and oxygen atoms in total. The summed E-state index contributed by atoms with van der Waals surface area (Å²) in [6, 6.07) is 7.61. The van der Waals surface area contributed by atoms with E-state index in [9.17, 15) is 4.79 Å². The molecular formula is C9H10INOS2. The molecule has 1 aromatic rings. The molecule has 5 heteroatoms. The minimum atomic E-state index is 0.0776. The molecule has 76 valence electrons. The molecule has 0 atom stereocenters. The largest absolute Gasteiger partial charge is 0.330 e. The average Bonchev–Trinajstić information content (AvgIpc) is 2.19. The number of carbonyl (C=O) groups is 1. The monoisotopic (exact) mass is 339 g/mol. The first-order valence-corrected chi connectivity index (χ1v) is 7.43. The first-order valence-electron chi connectivity index (χ1n) is 4.03. The maximum atomic E-state index is 11.0. The van der Waals surface area contributed by atoms with Crippen LogP contribution in [-0.2, 0) is 0 Å². The van der Waals surface area contributed by atoms with Gasteiger partial charge in [-0.25, -0.2) is 0 Å². The van der Waals surface area contributed by atoms with E-state index in [2.05, 4.69) is 0 Å². The van der Waals surface area contributed by atoms with E-state index < -0.39 is 0 Å². The Balaban J connectivity index is 2.51. The zero-order chi connectivity index (χ0) is 10.4. The molecule has 2 N–H and O–H groups in total. The first-order chi connectivity index (χ1) is 6.74. The second kappa shape index (κ2) is 6.71. The van der Waals surface area contributed by atoms with E-state index in [1.54, 1.807) is 44.2 Å². The SMILES string of the molecule is NCCSSc1ccc(C(=O)I)cc1. The van der Waals surface area contributed by atoms with E-state index in [4.69, 9.17) is 5.73 Å². The van der Waals surface area contributed by atoms with Crippen molar-refractivity contribution in [1.29, 1.82) is 0 Å². The van der Waals surface area contributed by atoms with Gasteiger partial charge in [-0.1, -0.05) is 21.6 Å². The first kappa shape index (κ1) is 12.4. The van der Waals surface area contributed by atoms with Crippen LogP contribution in [0, 0.1) is 0 Å². The van der Waals surface area contributed by atoms with Crippen molar-refractivity contribution < 1.29 is 4.79 Å². The topological polar surface area (TPSA) is 43.1 Å². The lowest BCUT2D eigenvalue weighted by Crippen LogP contribution is -1.99. The van der Waals surface area contributed by atoms with Gasteiger partial charge in [-0.05, 0) is 24.3 Å². The summed E-state index contributed by atoms with van der Waals surface area (Å²) in [6.07, 6.45) is 0. The maximum Gasteiger partial charge on any atom is 0.222 e. The third-order valence-electron chi connectivity index (χ3n) is 1.44. The fourth-order valence-electron chi connectivity index (χ4n) is 0.799. The lowest BCUT2D eigenvalue weighted by atomic mass is 10.2. The predicted molar refractivity (Wildman–Crippen MR) is 72.2 cm³/mol. The van der Waals surface area contributed by atoms with E-state index in [-0.39, 0.29) is 3.79 Å². The molecule has 0 heterocycles. The third-order valence-corrected chi connectivity index (χ3v) is 4.48. The number of hydrogen-bond donors (Lipinski definition) is 1.